The number of anilines is 3. The molecule has 0 fully saturated rings. The Hall–Kier alpha value is -6.16. The van der Waals surface area contributed by atoms with E-state index < -0.39 is 0 Å². The fourth-order valence-electron chi connectivity index (χ4n) is 7.33. The van der Waals surface area contributed by atoms with Gasteiger partial charge in [-0.3, -0.25) is 0 Å². The molecule has 10 aromatic rings. The molecule has 2 aromatic heterocycles. The van der Waals surface area contributed by atoms with Crippen LogP contribution in [0.1, 0.15) is 0 Å². The summed E-state index contributed by atoms with van der Waals surface area (Å²) in [4.78, 5) is 2.40. The van der Waals surface area contributed by atoms with Gasteiger partial charge in [0.1, 0.15) is 11.2 Å². The molecule has 0 aliphatic carbocycles. The normalized spacial score (nSPS) is 11.7. The minimum absolute atomic E-state index is 0.893. The Bertz CT molecular complexity index is 2840. The molecule has 2 heterocycles. The van der Waals surface area contributed by atoms with E-state index in [-0.39, 0.29) is 0 Å². The lowest BCUT2D eigenvalue weighted by Gasteiger charge is -2.29. The average molecular weight is 644 g/mol. The molecule has 0 saturated carbocycles. The van der Waals surface area contributed by atoms with Gasteiger partial charge in [0.15, 0.2) is 0 Å². The van der Waals surface area contributed by atoms with Gasteiger partial charge in [0.05, 0.1) is 11.4 Å². The first-order valence-electron chi connectivity index (χ1n) is 16.6. The Balaban J connectivity index is 1.13. The molecule has 0 spiro atoms. The summed E-state index contributed by atoms with van der Waals surface area (Å²) >= 11 is 1.86. The van der Waals surface area contributed by atoms with Crippen molar-refractivity contribution in [1.82, 2.24) is 0 Å². The number of benzene rings is 8. The van der Waals surface area contributed by atoms with Crippen LogP contribution in [0.3, 0.4) is 0 Å². The topological polar surface area (TPSA) is 16.4 Å². The second-order valence-electron chi connectivity index (χ2n) is 12.5. The van der Waals surface area contributed by atoms with Gasteiger partial charge in [0, 0.05) is 47.6 Å². The van der Waals surface area contributed by atoms with Crippen molar-refractivity contribution >= 4 is 81.3 Å². The molecule has 0 aliphatic heterocycles. The van der Waals surface area contributed by atoms with Crippen LogP contribution in [0.2, 0.25) is 0 Å². The quantitative estimate of drug-likeness (QED) is 0.186. The van der Waals surface area contributed by atoms with Crippen LogP contribution in [0.4, 0.5) is 17.1 Å². The fourth-order valence-corrected chi connectivity index (χ4v) is 8.41. The third kappa shape index (κ3) is 4.62. The molecule has 0 atom stereocenters. The SMILES string of the molecule is c1ccc(N(c2ccc(-c3ccc4sc5ccccc5c4c3)cc2)c2cccc3ccccc23)c(-c2ccc3c(c2)oc2ccccc23)c1. The van der Waals surface area contributed by atoms with Gasteiger partial charge in [0.2, 0.25) is 0 Å². The number of para-hydroxylation sites is 2. The van der Waals surface area contributed by atoms with Crippen LogP contribution < -0.4 is 4.90 Å². The summed E-state index contributed by atoms with van der Waals surface area (Å²) in [7, 11) is 0. The van der Waals surface area contributed by atoms with E-state index in [2.05, 4.69) is 169 Å². The minimum Gasteiger partial charge on any atom is -0.456 e. The summed E-state index contributed by atoms with van der Waals surface area (Å²) in [6.45, 7) is 0. The fraction of sp³-hybridized carbons (Fsp3) is 0. The number of hydrogen-bond donors (Lipinski definition) is 0. The summed E-state index contributed by atoms with van der Waals surface area (Å²) in [5.41, 5.74) is 9.80. The van der Waals surface area contributed by atoms with Crippen LogP contribution >= 0.6 is 11.3 Å². The van der Waals surface area contributed by atoms with Gasteiger partial charge in [-0.05, 0) is 82.7 Å². The van der Waals surface area contributed by atoms with Gasteiger partial charge in [-0.15, -0.1) is 11.3 Å². The van der Waals surface area contributed by atoms with Crippen molar-refractivity contribution in [3.8, 4) is 22.3 Å². The van der Waals surface area contributed by atoms with Crippen LogP contribution in [-0.2, 0) is 0 Å². The second-order valence-corrected chi connectivity index (χ2v) is 13.6. The molecule has 3 heteroatoms. The van der Waals surface area contributed by atoms with E-state index in [4.69, 9.17) is 4.42 Å². The molecule has 10 rings (SSSR count). The lowest BCUT2D eigenvalue weighted by atomic mass is 9.98. The van der Waals surface area contributed by atoms with Crippen LogP contribution in [-0.4, -0.2) is 0 Å². The van der Waals surface area contributed by atoms with Gasteiger partial charge in [-0.25, -0.2) is 0 Å². The predicted molar refractivity (Wildman–Crippen MR) is 210 cm³/mol. The number of furan rings is 1. The summed E-state index contributed by atoms with van der Waals surface area (Å²) in [6.07, 6.45) is 0. The number of fused-ring (bicyclic) bond motifs is 7. The van der Waals surface area contributed by atoms with E-state index >= 15 is 0 Å². The van der Waals surface area contributed by atoms with Gasteiger partial charge >= 0.3 is 0 Å². The monoisotopic (exact) mass is 643 g/mol. The van der Waals surface area contributed by atoms with E-state index in [1.54, 1.807) is 0 Å². The number of rotatable bonds is 5. The zero-order valence-electron chi connectivity index (χ0n) is 26.5. The highest BCUT2D eigenvalue weighted by molar-refractivity contribution is 7.25. The van der Waals surface area contributed by atoms with E-state index in [9.17, 15) is 0 Å². The van der Waals surface area contributed by atoms with Gasteiger partial charge in [-0.2, -0.15) is 0 Å². The highest BCUT2D eigenvalue weighted by atomic mass is 32.1. The van der Waals surface area contributed by atoms with Crippen molar-refractivity contribution in [2.75, 3.05) is 4.90 Å². The molecular weight excluding hydrogens is 615 g/mol. The lowest BCUT2D eigenvalue weighted by Crippen LogP contribution is -2.11. The van der Waals surface area contributed by atoms with Crippen molar-refractivity contribution in [2.24, 2.45) is 0 Å². The first-order valence-corrected chi connectivity index (χ1v) is 17.4. The van der Waals surface area contributed by atoms with Crippen molar-refractivity contribution in [2.45, 2.75) is 0 Å². The maximum Gasteiger partial charge on any atom is 0.136 e. The molecule has 2 nitrogen and oxygen atoms in total. The highest BCUT2D eigenvalue weighted by Crippen LogP contribution is 2.45. The molecule has 0 amide bonds. The average Bonchev–Trinajstić information content (AvgIpc) is 3.73. The Labute approximate surface area is 287 Å². The third-order valence-electron chi connectivity index (χ3n) is 9.68. The molecule has 0 bridgehead atoms. The summed E-state index contributed by atoms with van der Waals surface area (Å²) in [5, 5.41) is 7.31. The van der Waals surface area contributed by atoms with Gasteiger partial charge in [-0.1, -0.05) is 115 Å². The standard InChI is InChI=1S/C46H29NOS/c1-2-12-35-31(10-1)11-9-17-42(35)47(34-24-20-30(21-25-34)32-23-27-46-40(28-32)39-15-5-8-19-45(39)49-46)41-16-6-3-13-36(41)33-22-26-38-37-14-4-7-18-43(37)48-44(38)29-33/h1-29H. The summed E-state index contributed by atoms with van der Waals surface area (Å²) in [5.74, 6) is 0. The van der Waals surface area contributed by atoms with Crippen molar-refractivity contribution in [3.05, 3.63) is 176 Å². The number of thiophene rings is 1. The van der Waals surface area contributed by atoms with E-state index in [1.165, 1.54) is 42.1 Å². The third-order valence-corrected chi connectivity index (χ3v) is 10.8. The van der Waals surface area contributed by atoms with Gasteiger partial charge in [0.25, 0.3) is 0 Å². The molecular formula is C46H29NOS. The molecule has 49 heavy (non-hydrogen) atoms. The first-order chi connectivity index (χ1) is 24.3. The Morgan fingerprint density at radius 1 is 0.388 bits per heavy atom. The lowest BCUT2D eigenvalue weighted by molar-refractivity contribution is 0.669. The van der Waals surface area contributed by atoms with Crippen LogP contribution in [0.25, 0.3) is 75.1 Å². The molecule has 0 N–H and O–H groups in total. The van der Waals surface area contributed by atoms with E-state index in [0.717, 1.165) is 50.1 Å². The molecule has 0 radical (unpaired) electrons. The van der Waals surface area contributed by atoms with Crippen molar-refractivity contribution in [3.63, 3.8) is 0 Å². The molecule has 0 unspecified atom stereocenters. The smallest absolute Gasteiger partial charge is 0.136 e. The van der Waals surface area contributed by atoms with Crippen LogP contribution in [0, 0.1) is 0 Å². The summed E-state index contributed by atoms with van der Waals surface area (Å²) < 4.78 is 8.98. The minimum atomic E-state index is 0.893. The maximum atomic E-state index is 6.33. The molecule has 8 aromatic carbocycles. The zero-order chi connectivity index (χ0) is 32.3. The number of hydrogen-bond acceptors (Lipinski definition) is 3. The highest BCUT2D eigenvalue weighted by Gasteiger charge is 2.20. The van der Waals surface area contributed by atoms with E-state index in [0.29, 0.717) is 0 Å². The predicted octanol–water partition coefficient (Wildman–Crippen LogP) is 13.9. The van der Waals surface area contributed by atoms with E-state index in [1.807, 2.05) is 23.5 Å². The Morgan fingerprint density at radius 3 is 1.96 bits per heavy atom. The summed E-state index contributed by atoms with van der Waals surface area (Å²) in [6, 6.07) is 63.3. The Kier molecular flexibility index (Phi) is 6.39. The van der Waals surface area contributed by atoms with Gasteiger partial charge < -0.3 is 9.32 Å². The van der Waals surface area contributed by atoms with Crippen LogP contribution in [0.15, 0.2) is 180 Å². The molecule has 0 aliphatic rings. The molecule has 230 valence electrons. The van der Waals surface area contributed by atoms with Crippen molar-refractivity contribution < 1.29 is 4.42 Å². The zero-order valence-corrected chi connectivity index (χ0v) is 27.3. The van der Waals surface area contributed by atoms with Crippen molar-refractivity contribution in [1.29, 1.82) is 0 Å². The second kappa shape index (κ2) is 11.2. The number of nitrogens with zero attached hydrogens (tertiary/aromatic N) is 1. The maximum absolute atomic E-state index is 6.33. The largest absolute Gasteiger partial charge is 0.456 e. The van der Waals surface area contributed by atoms with Crippen LogP contribution in [0.5, 0.6) is 0 Å². The Morgan fingerprint density at radius 2 is 1.04 bits per heavy atom. The molecule has 0 saturated heterocycles. The first kappa shape index (κ1) is 27.9.